The molecule has 3 heteroatoms. The Kier molecular flexibility index (Phi) is 5.58. The Morgan fingerprint density at radius 1 is 0.882 bits per heavy atom. The van der Waals surface area contributed by atoms with Crippen LogP contribution in [0.2, 0.25) is 0 Å². The van der Waals surface area contributed by atoms with E-state index in [4.69, 9.17) is 4.74 Å². The van der Waals surface area contributed by atoms with Crippen LogP contribution in [0.3, 0.4) is 0 Å². The van der Waals surface area contributed by atoms with Gasteiger partial charge < -0.3 is 4.74 Å². The van der Waals surface area contributed by atoms with Crippen molar-refractivity contribution in [2.75, 3.05) is 0 Å². The molecule has 2 aromatic rings. The molecule has 0 aliphatic rings. The van der Waals surface area contributed by atoms with E-state index in [0.717, 1.165) is 5.56 Å². The first-order chi connectivity index (χ1) is 7.84. The Bertz CT molecular complexity index is 411. The number of hydrogen-bond donors (Lipinski definition) is 0. The zero-order valence-corrected chi connectivity index (χ0v) is 12.5. The van der Waals surface area contributed by atoms with Crippen LogP contribution in [0, 0.1) is 0 Å². The first kappa shape index (κ1) is 13.6. The number of carbonyl (C=O) groups is 1. The maximum absolute atomic E-state index is 11.6. The minimum absolute atomic E-state index is 0. The molecule has 0 spiro atoms. The van der Waals surface area contributed by atoms with Crippen LogP contribution in [-0.4, -0.2) is 5.97 Å². The van der Waals surface area contributed by atoms with Gasteiger partial charge in [-0.3, -0.25) is 4.79 Å². The summed E-state index contributed by atoms with van der Waals surface area (Å²) in [6, 6.07) is 18.7. The number of rotatable bonds is 3. The van der Waals surface area contributed by atoms with Crippen LogP contribution >= 0.6 is 0 Å². The summed E-state index contributed by atoms with van der Waals surface area (Å²) >= 11 is 0. The Balaban J connectivity index is 0.00000144. The molecule has 0 aromatic heterocycles. The average molecular weight is 278 g/mol. The van der Waals surface area contributed by atoms with Crippen LogP contribution in [-0.2, 0) is 30.7 Å². The monoisotopic (exact) mass is 276 g/mol. The van der Waals surface area contributed by atoms with Gasteiger partial charge in [-0.15, -0.1) is 0 Å². The fourth-order valence-corrected chi connectivity index (χ4v) is 1.42. The zero-order chi connectivity index (χ0) is 11.2. The van der Waals surface area contributed by atoms with Crippen molar-refractivity contribution in [3.05, 3.63) is 66.2 Å². The molecule has 0 heterocycles. The third-order valence-electron chi connectivity index (χ3n) is 2.17. The van der Waals surface area contributed by atoms with Crippen molar-refractivity contribution in [1.82, 2.24) is 0 Å². The van der Waals surface area contributed by atoms with Crippen molar-refractivity contribution in [2.45, 2.75) is 6.42 Å². The topological polar surface area (TPSA) is 26.3 Å². The number of carbonyl (C=O) groups excluding carboxylic acids is 1. The Hall–Kier alpha value is -1.47. The number of hydrogen-bond acceptors (Lipinski definition) is 2. The Morgan fingerprint density at radius 3 is 2.00 bits per heavy atom. The molecule has 0 bridgehead atoms. The molecule has 0 atom stereocenters. The van der Waals surface area contributed by atoms with E-state index in [0.29, 0.717) is 12.2 Å². The van der Waals surface area contributed by atoms with Crippen molar-refractivity contribution in [2.24, 2.45) is 0 Å². The molecule has 2 rings (SSSR count). The number of esters is 1. The van der Waals surface area contributed by atoms with E-state index in [9.17, 15) is 4.79 Å². The fourth-order valence-electron chi connectivity index (χ4n) is 1.42. The van der Waals surface area contributed by atoms with Crippen molar-refractivity contribution in [3.63, 3.8) is 0 Å². The second-order valence-corrected chi connectivity index (χ2v) is 3.45. The number of para-hydroxylation sites is 1. The van der Waals surface area contributed by atoms with Gasteiger partial charge in [-0.25, -0.2) is 0 Å². The van der Waals surface area contributed by atoms with E-state index in [1.54, 1.807) is 12.1 Å². The normalized spacial score (nSPS) is 9.18. The summed E-state index contributed by atoms with van der Waals surface area (Å²) in [5.74, 6) is 0.348. The molecular weight excluding hydrogens is 266 g/mol. The maximum atomic E-state index is 11.6. The molecule has 0 aliphatic heterocycles. The van der Waals surface area contributed by atoms with E-state index >= 15 is 0 Å². The standard InChI is InChI=1S/C14H12O2.Zn/c15-14(11-12-7-3-1-4-8-12)16-13-9-5-2-6-10-13;/h1-10H,11H2;. The minimum Gasteiger partial charge on any atom is -0.426 e. The summed E-state index contributed by atoms with van der Waals surface area (Å²) < 4.78 is 5.18. The van der Waals surface area contributed by atoms with Gasteiger partial charge in [0.15, 0.2) is 0 Å². The van der Waals surface area contributed by atoms with E-state index in [-0.39, 0.29) is 25.4 Å². The molecule has 0 fully saturated rings. The average Bonchev–Trinajstić information content (AvgIpc) is 2.31. The molecule has 2 nitrogen and oxygen atoms in total. The van der Waals surface area contributed by atoms with Crippen LogP contribution in [0.4, 0.5) is 0 Å². The molecule has 0 unspecified atom stereocenters. The molecule has 0 radical (unpaired) electrons. The first-order valence-electron chi connectivity index (χ1n) is 5.14. The van der Waals surface area contributed by atoms with Crippen LogP contribution in [0.25, 0.3) is 0 Å². The Labute approximate surface area is 113 Å². The second-order valence-electron chi connectivity index (χ2n) is 3.45. The number of ether oxygens (including phenoxy) is 1. The summed E-state index contributed by atoms with van der Waals surface area (Å²) in [5.41, 5.74) is 0.962. The van der Waals surface area contributed by atoms with E-state index in [1.165, 1.54) is 0 Å². The predicted octanol–water partition coefficient (Wildman–Crippen LogP) is 2.83. The van der Waals surface area contributed by atoms with E-state index in [1.807, 2.05) is 48.5 Å². The third-order valence-corrected chi connectivity index (χ3v) is 2.17. The molecular formula is C14H12O2Zn. The van der Waals surface area contributed by atoms with Crippen molar-refractivity contribution >= 4 is 5.97 Å². The summed E-state index contributed by atoms with van der Waals surface area (Å²) in [6.07, 6.45) is 0.301. The van der Waals surface area contributed by atoms with Crippen LogP contribution in [0.15, 0.2) is 60.7 Å². The SMILES string of the molecule is O=C(Cc1ccccc1)Oc1ccccc1.[Zn]. The minimum atomic E-state index is -0.239. The summed E-state index contributed by atoms with van der Waals surface area (Å²) in [4.78, 5) is 11.6. The van der Waals surface area contributed by atoms with Crippen LogP contribution in [0.5, 0.6) is 5.75 Å². The summed E-state index contributed by atoms with van der Waals surface area (Å²) in [5, 5.41) is 0. The van der Waals surface area contributed by atoms with Crippen molar-refractivity contribution < 1.29 is 29.0 Å². The predicted molar refractivity (Wildman–Crippen MR) is 62.2 cm³/mol. The third kappa shape index (κ3) is 4.50. The molecule has 0 saturated heterocycles. The molecule has 82 valence electrons. The molecule has 0 aliphatic carbocycles. The molecule has 0 saturated carbocycles. The molecule has 17 heavy (non-hydrogen) atoms. The molecule has 0 N–H and O–H groups in total. The van der Waals surface area contributed by atoms with Crippen LogP contribution in [0.1, 0.15) is 5.56 Å². The van der Waals surface area contributed by atoms with Gasteiger partial charge in [0.1, 0.15) is 5.75 Å². The van der Waals surface area contributed by atoms with Gasteiger partial charge in [0.05, 0.1) is 6.42 Å². The van der Waals surface area contributed by atoms with Crippen molar-refractivity contribution in [1.29, 1.82) is 0 Å². The quantitative estimate of drug-likeness (QED) is 0.490. The summed E-state index contributed by atoms with van der Waals surface area (Å²) in [7, 11) is 0. The molecule has 0 amide bonds. The number of benzene rings is 2. The van der Waals surface area contributed by atoms with Gasteiger partial charge in [0.25, 0.3) is 0 Å². The van der Waals surface area contributed by atoms with Crippen LogP contribution < -0.4 is 4.74 Å². The van der Waals surface area contributed by atoms with Gasteiger partial charge in [-0.1, -0.05) is 48.5 Å². The maximum Gasteiger partial charge on any atom is 0.315 e. The van der Waals surface area contributed by atoms with Gasteiger partial charge in [0.2, 0.25) is 0 Å². The smallest absolute Gasteiger partial charge is 0.315 e. The van der Waals surface area contributed by atoms with Gasteiger partial charge >= 0.3 is 5.97 Å². The van der Waals surface area contributed by atoms with E-state index in [2.05, 4.69) is 0 Å². The zero-order valence-electron chi connectivity index (χ0n) is 9.50. The van der Waals surface area contributed by atoms with Gasteiger partial charge in [0, 0.05) is 19.5 Å². The van der Waals surface area contributed by atoms with Gasteiger partial charge in [-0.05, 0) is 17.7 Å². The summed E-state index contributed by atoms with van der Waals surface area (Å²) in [6.45, 7) is 0. The largest absolute Gasteiger partial charge is 0.426 e. The van der Waals surface area contributed by atoms with E-state index < -0.39 is 0 Å². The van der Waals surface area contributed by atoms with Crippen molar-refractivity contribution in [3.8, 4) is 5.75 Å². The second kappa shape index (κ2) is 6.98. The fraction of sp³-hybridized carbons (Fsp3) is 0.0714. The Morgan fingerprint density at radius 2 is 1.41 bits per heavy atom. The first-order valence-corrected chi connectivity index (χ1v) is 5.14. The van der Waals surface area contributed by atoms with Gasteiger partial charge in [-0.2, -0.15) is 0 Å². The molecule has 2 aromatic carbocycles.